The highest BCUT2D eigenvalue weighted by atomic mass is 16.5. The number of hydrogen-bond donors (Lipinski definition) is 1. The van der Waals surface area contributed by atoms with Crippen molar-refractivity contribution < 1.29 is 9.84 Å². The van der Waals surface area contributed by atoms with E-state index in [4.69, 9.17) is 9.84 Å². The lowest BCUT2D eigenvalue weighted by Gasteiger charge is -2.11. The van der Waals surface area contributed by atoms with Gasteiger partial charge in [-0.1, -0.05) is 13.3 Å². The van der Waals surface area contributed by atoms with E-state index in [1.807, 2.05) is 6.92 Å². The number of hydrogen-bond acceptors (Lipinski definition) is 4. The van der Waals surface area contributed by atoms with Crippen LogP contribution in [0, 0.1) is 6.92 Å². The highest BCUT2D eigenvalue weighted by Crippen LogP contribution is 2.21. The minimum absolute atomic E-state index is 0.0807. The summed E-state index contributed by atoms with van der Waals surface area (Å²) in [7, 11) is 1.64. The predicted octanol–water partition coefficient (Wildman–Crippen LogP) is 1.28. The molecule has 1 N–H and O–H groups in total. The molecule has 0 aliphatic carbocycles. The molecule has 4 heteroatoms. The van der Waals surface area contributed by atoms with Crippen LogP contribution in [0.25, 0.3) is 0 Å². The number of aliphatic hydroxyl groups is 1. The molecule has 0 amide bonds. The quantitative estimate of drug-likeness (QED) is 0.795. The van der Waals surface area contributed by atoms with Crippen LogP contribution in [-0.4, -0.2) is 28.8 Å². The Kier molecular flexibility index (Phi) is 4.49. The second-order valence-corrected chi connectivity index (χ2v) is 3.43. The van der Waals surface area contributed by atoms with E-state index >= 15 is 0 Å². The Balaban J connectivity index is 3.07. The van der Waals surface area contributed by atoms with Gasteiger partial charge in [0.15, 0.2) is 5.75 Å². The van der Waals surface area contributed by atoms with Gasteiger partial charge in [0.1, 0.15) is 5.82 Å². The molecule has 1 aromatic heterocycles. The van der Waals surface area contributed by atoms with Gasteiger partial charge in [-0.25, -0.2) is 9.97 Å². The van der Waals surface area contributed by atoms with Crippen LogP contribution in [0.15, 0.2) is 0 Å². The van der Waals surface area contributed by atoms with Gasteiger partial charge in [-0.3, -0.25) is 0 Å². The van der Waals surface area contributed by atoms with Crippen LogP contribution in [0.1, 0.15) is 30.6 Å². The second kappa shape index (κ2) is 5.66. The fraction of sp³-hybridized carbons (Fsp3) is 0.636. The van der Waals surface area contributed by atoms with Crippen LogP contribution < -0.4 is 4.74 Å². The molecule has 1 heterocycles. The summed E-state index contributed by atoms with van der Waals surface area (Å²) in [5, 5.41) is 8.85. The zero-order valence-corrected chi connectivity index (χ0v) is 9.58. The lowest BCUT2D eigenvalue weighted by molar-refractivity contribution is 0.296. The zero-order chi connectivity index (χ0) is 11.3. The van der Waals surface area contributed by atoms with E-state index in [0.717, 1.165) is 30.0 Å². The van der Waals surface area contributed by atoms with Crippen molar-refractivity contribution in [3.05, 3.63) is 17.2 Å². The van der Waals surface area contributed by atoms with E-state index in [1.54, 1.807) is 7.11 Å². The third-order valence-electron chi connectivity index (χ3n) is 2.18. The molecule has 0 radical (unpaired) electrons. The standard InChI is InChI=1S/C11H18N2O2/c1-4-5-9-11(15-3)8(2)12-10(13-9)6-7-14/h14H,4-7H2,1-3H3. The van der Waals surface area contributed by atoms with E-state index in [2.05, 4.69) is 16.9 Å². The Labute approximate surface area is 90.3 Å². The van der Waals surface area contributed by atoms with Gasteiger partial charge in [0.05, 0.1) is 25.1 Å². The van der Waals surface area contributed by atoms with E-state index in [1.165, 1.54) is 0 Å². The van der Waals surface area contributed by atoms with E-state index in [9.17, 15) is 0 Å². The number of methoxy groups -OCH3 is 1. The smallest absolute Gasteiger partial charge is 0.161 e. The minimum Gasteiger partial charge on any atom is -0.493 e. The molecule has 0 unspecified atom stereocenters. The van der Waals surface area contributed by atoms with E-state index in [0.29, 0.717) is 12.2 Å². The van der Waals surface area contributed by atoms with Gasteiger partial charge in [-0.15, -0.1) is 0 Å². The summed E-state index contributed by atoms with van der Waals surface area (Å²) in [6.45, 7) is 4.08. The first-order valence-electron chi connectivity index (χ1n) is 5.24. The van der Waals surface area contributed by atoms with Crippen LogP contribution in [0.4, 0.5) is 0 Å². The summed E-state index contributed by atoms with van der Waals surface area (Å²) in [5.74, 6) is 1.47. The number of ether oxygens (including phenoxy) is 1. The number of aromatic nitrogens is 2. The SMILES string of the molecule is CCCc1nc(CCO)nc(C)c1OC. The predicted molar refractivity (Wildman–Crippen MR) is 58.1 cm³/mol. The van der Waals surface area contributed by atoms with Crippen LogP contribution in [0.2, 0.25) is 0 Å². The van der Waals surface area contributed by atoms with Crippen molar-refractivity contribution in [2.24, 2.45) is 0 Å². The van der Waals surface area contributed by atoms with Gasteiger partial charge in [-0.05, 0) is 13.3 Å². The first-order chi connectivity index (χ1) is 7.22. The highest BCUT2D eigenvalue weighted by Gasteiger charge is 2.10. The number of aryl methyl sites for hydroxylation is 2. The molecule has 84 valence electrons. The molecule has 0 saturated carbocycles. The van der Waals surface area contributed by atoms with Gasteiger partial charge < -0.3 is 9.84 Å². The number of aliphatic hydroxyl groups excluding tert-OH is 1. The van der Waals surface area contributed by atoms with Crippen molar-refractivity contribution in [1.29, 1.82) is 0 Å². The van der Waals surface area contributed by atoms with Crippen molar-refractivity contribution in [2.45, 2.75) is 33.1 Å². The summed E-state index contributed by atoms with van der Waals surface area (Å²) in [6.07, 6.45) is 2.40. The van der Waals surface area contributed by atoms with Gasteiger partial charge in [0, 0.05) is 6.42 Å². The Morgan fingerprint density at radius 3 is 2.53 bits per heavy atom. The molecule has 0 bridgehead atoms. The second-order valence-electron chi connectivity index (χ2n) is 3.43. The number of nitrogens with zero attached hydrogens (tertiary/aromatic N) is 2. The average molecular weight is 210 g/mol. The summed E-state index contributed by atoms with van der Waals surface area (Å²) in [4.78, 5) is 8.67. The average Bonchev–Trinajstić information content (AvgIpc) is 2.18. The van der Waals surface area contributed by atoms with Gasteiger partial charge in [0.25, 0.3) is 0 Å². The van der Waals surface area contributed by atoms with Gasteiger partial charge in [0.2, 0.25) is 0 Å². The molecule has 0 aliphatic heterocycles. The third-order valence-corrected chi connectivity index (χ3v) is 2.18. The topological polar surface area (TPSA) is 55.2 Å². The van der Waals surface area contributed by atoms with Crippen molar-refractivity contribution in [2.75, 3.05) is 13.7 Å². The summed E-state index contributed by atoms with van der Waals surface area (Å²) >= 11 is 0. The molecule has 0 spiro atoms. The van der Waals surface area contributed by atoms with Crippen LogP contribution in [-0.2, 0) is 12.8 Å². The highest BCUT2D eigenvalue weighted by molar-refractivity contribution is 5.32. The Morgan fingerprint density at radius 2 is 2.00 bits per heavy atom. The summed E-state index contributed by atoms with van der Waals surface area (Å²) in [5.41, 5.74) is 1.79. The molecule has 15 heavy (non-hydrogen) atoms. The molecular weight excluding hydrogens is 192 g/mol. The van der Waals surface area contributed by atoms with Crippen molar-refractivity contribution >= 4 is 0 Å². The number of rotatable bonds is 5. The molecule has 0 saturated heterocycles. The maximum Gasteiger partial charge on any atom is 0.161 e. The molecular formula is C11H18N2O2. The van der Waals surface area contributed by atoms with Crippen LogP contribution in [0.3, 0.4) is 0 Å². The first-order valence-corrected chi connectivity index (χ1v) is 5.24. The Morgan fingerprint density at radius 1 is 1.27 bits per heavy atom. The maximum absolute atomic E-state index is 8.85. The molecule has 0 aromatic carbocycles. The minimum atomic E-state index is 0.0807. The fourth-order valence-corrected chi connectivity index (χ4v) is 1.57. The fourth-order valence-electron chi connectivity index (χ4n) is 1.57. The molecule has 1 rings (SSSR count). The molecule has 0 aliphatic rings. The lowest BCUT2D eigenvalue weighted by Crippen LogP contribution is -2.07. The molecule has 0 fully saturated rings. The van der Waals surface area contributed by atoms with E-state index < -0.39 is 0 Å². The van der Waals surface area contributed by atoms with Crippen molar-refractivity contribution in [3.63, 3.8) is 0 Å². The normalized spacial score (nSPS) is 10.4. The third kappa shape index (κ3) is 2.89. The molecule has 4 nitrogen and oxygen atoms in total. The Hall–Kier alpha value is -1.16. The monoisotopic (exact) mass is 210 g/mol. The summed E-state index contributed by atoms with van der Waals surface area (Å²) in [6, 6.07) is 0. The zero-order valence-electron chi connectivity index (χ0n) is 9.58. The first kappa shape index (κ1) is 11.9. The van der Waals surface area contributed by atoms with Crippen LogP contribution >= 0.6 is 0 Å². The lowest BCUT2D eigenvalue weighted by atomic mass is 10.2. The van der Waals surface area contributed by atoms with Crippen LogP contribution in [0.5, 0.6) is 5.75 Å². The largest absolute Gasteiger partial charge is 0.493 e. The molecule has 0 atom stereocenters. The maximum atomic E-state index is 8.85. The van der Waals surface area contributed by atoms with E-state index in [-0.39, 0.29) is 6.61 Å². The Bertz CT molecular complexity index is 327. The van der Waals surface area contributed by atoms with Gasteiger partial charge in [-0.2, -0.15) is 0 Å². The van der Waals surface area contributed by atoms with Crippen molar-refractivity contribution in [3.8, 4) is 5.75 Å². The summed E-state index contributed by atoms with van der Waals surface area (Å²) < 4.78 is 5.27. The van der Waals surface area contributed by atoms with Gasteiger partial charge >= 0.3 is 0 Å². The molecule has 1 aromatic rings. The van der Waals surface area contributed by atoms with Crippen molar-refractivity contribution in [1.82, 2.24) is 9.97 Å².